The van der Waals surface area contributed by atoms with Gasteiger partial charge in [-0.25, -0.2) is 0 Å². The van der Waals surface area contributed by atoms with Crippen molar-refractivity contribution in [2.24, 2.45) is 0 Å². The molecule has 1 aromatic carbocycles. The Morgan fingerprint density at radius 1 is 1.42 bits per heavy atom. The van der Waals surface area contributed by atoms with E-state index in [1.807, 2.05) is 6.07 Å². The predicted molar refractivity (Wildman–Crippen MR) is 79.6 cm³/mol. The third kappa shape index (κ3) is 3.69. The van der Waals surface area contributed by atoms with Crippen LogP contribution in [0.3, 0.4) is 0 Å². The van der Waals surface area contributed by atoms with E-state index in [0.29, 0.717) is 0 Å². The van der Waals surface area contributed by atoms with Gasteiger partial charge in [0, 0.05) is 38.8 Å². The van der Waals surface area contributed by atoms with Crippen molar-refractivity contribution in [3.63, 3.8) is 0 Å². The molecule has 0 bridgehead atoms. The molecule has 5 heteroatoms. The van der Waals surface area contributed by atoms with E-state index in [1.54, 1.807) is 7.11 Å². The molecule has 0 aliphatic carbocycles. The molecular weight excluding hydrogens is 308 g/mol. The first-order valence-corrected chi connectivity index (χ1v) is 7.44. The Labute approximate surface area is 122 Å². The summed E-state index contributed by atoms with van der Waals surface area (Å²) in [7, 11) is 1.67. The van der Waals surface area contributed by atoms with E-state index in [-0.39, 0.29) is 12.6 Å². The monoisotopic (exact) mass is 328 g/mol. The zero-order chi connectivity index (χ0) is 13.7. The topological polar surface area (TPSA) is 44.7 Å². The lowest BCUT2D eigenvalue weighted by molar-refractivity contribution is 0.141. The molecule has 1 fully saturated rings. The Balaban J connectivity index is 2.19. The lowest BCUT2D eigenvalue weighted by Crippen LogP contribution is -2.45. The Kier molecular flexibility index (Phi) is 5.63. The Morgan fingerprint density at radius 3 is 2.74 bits per heavy atom. The van der Waals surface area contributed by atoms with E-state index >= 15 is 0 Å². The van der Waals surface area contributed by atoms with Gasteiger partial charge in [0.05, 0.1) is 11.6 Å². The van der Waals surface area contributed by atoms with Crippen LogP contribution < -0.4 is 10.1 Å². The van der Waals surface area contributed by atoms with Gasteiger partial charge in [0.15, 0.2) is 0 Å². The van der Waals surface area contributed by atoms with Gasteiger partial charge in [-0.2, -0.15) is 0 Å². The first kappa shape index (κ1) is 14.8. The predicted octanol–water partition coefficient (Wildman–Crippen LogP) is 1.79. The number of nitrogens with zero attached hydrogens (tertiary/aromatic N) is 1. The molecule has 0 unspecified atom stereocenters. The number of ether oxygens (including phenoxy) is 1. The van der Waals surface area contributed by atoms with Crippen LogP contribution in [0, 0.1) is 0 Å². The maximum absolute atomic E-state index is 9.32. The molecule has 1 heterocycles. The molecule has 0 aromatic heterocycles. The van der Waals surface area contributed by atoms with Crippen molar-refractivity contribution in [2.45, 2.75) is 12.5 Å². The highest BCUT2D eigenvalue weighted by Crippen LogP contribution is 2.31. The summed E-state index contributed by atoms with van der Waals surface area (Å²) in [5.41, 5.74) is 1.23. The van der Waals surface area contributed by atoms with E-state index in [1.165, 1.54) is 5.56 Å². The molecule has 4 nitrogen and oxygen atoms in total. The summed E-state index contributed by atoms with van der Waals surface area (Å²) >= 11 is 3.53. The first-order chi connectivity index (χ1) is 9.26. The number of methoxy groups -OCH3 is 1. The van der Waals surface area contributed by atoms with Gasteiger partial charge in [-0.15, -0.1) is 0 Å². The van der Waals surface area contributed by atoms with E-state index in [0.717, 1.165) is 42.8 Å². The molecular formula is C14H21BrN2O2. The summed E-state index contributed by atoms with van der Waals surface area (Å²) in [4.78, 5) is 2.43. The lowest BCUT2D eigenvalue weighted by atomic mass is 10.0. The number of piperazine rings is 1. The van der Waals surface area contributed by atoms with Crippen molar-refractivity contribution >= 4 is 15.9 Å². The van der Waals surface area contributed by atoms with Crippen LogP contribution in [0.2, 0.25) is 0 Å². The third-order valence-electron chi connectivity index (χ3n) is 3.56. The molecule has 1 aliphatic rings. The average molecular weight is 329 g/mol. The van der Waals surface area contributed by atoms with Crippen LogP contribution in [0.1, 0.15) is 18.0 Å². The molecule has 2 N–H and O–H groups in total. The molecule has 106 valence electrons. The van der Waals surface area contributed by atoms with Crippen LogP contribution >= 0.6 is 15.9 Å². The number of aliphatic hydroxyl groups is 1. The lowest BCUT2D eigenvalue weighted by Gasteiger charge is -2.35. The second kappa shape index (κ2) is 7.24. The summed E-state index contributed by atoms with van der Waals surface area (Å²) in [6, 6.07) is 6.44. The highest BCUT2D eigenvalue weighted by atomic mass is 79.9. The van der Waals surface area contributed by atoms with Gasteiger partial charge in [0.1, 0.15) is 5.75 Å². The highest BCUT2D eigenvalue weighted by Gasteiger charge is 2.22. The highest BCUT2D eigenvalue weighted by molar-refractivity contribution is 9.10. The van der Waals surface area contributed by atoms with Gasteiger partial charge in [-0.1, -0.05) is 6.07 Å². The minimum absolute atomic E-state index is 0.207. The van der Waals surface area contributed by atoms with Crippen LogP contribution in [-0.4, -0.2) is 49.9 Å². The number of halogens is 1. The van der Waals surface area contributed by atoms with E-state index in [4.69, 9.17) is 4.74 Å². The third-order valence-corrected chi connectivity index (χ3v) is 4.18. The van der Waals surface area contributed by atoms with Crippen molar-refractivity contribution in [3.05, 3.63) is 28.2 Å². The largest absolute Gasteiger partial charge is 0.496 e. The van der Waals surface area contributed by atoms with Crippen molar-refractivity contribution in [1.29, 1.82) is 0 Å². The van der Waals surface area contributed by atoms with Gasteiger partial charge in [-0.3, -0.25) is 4.90 Å². The molecule has 0 amide bonds. The van der Waals surface area contributed by atoms with Gasteiger partial charge in [0.25, 0.3) is 0 Å². The summed E-state index contributed by atoms with van der Waals surface area (Å²) < 4.78 is 6.23. The van der Waals surface area contributed by atoms with E-state index in [9.17, 15) is 5.11 Å². The molecule has 1 aromatic rings. The maximum atomic E-state index is 9.32. The first-order valence-electron chi connectivity index (χ1n) is 6.65. The fraction of sp³-hybridized carbons (Fsp3) is 0.571. The number of hydrogen-bond acceptors (Lipinski definition) is 4. The minimum Gasteiger partial charge on any atom is -0.496 e. The summed E-state index contributed by atoms with van der Waals surface area (Å²) in [5.74, 6) is 0.840. The second-order valence-corrected chi connectivity index (χ2v) is 5.56. The van der Waals surface area contributed by atoms with Crippen molar-refractivity contribution in [3.8, 4) is 5.75 Å². The molecule has 2 rings (SSSR count). The summed E-state index contributed by atoms with van der Waals surface area (Å²) in [5, 5.41) is 12.7. The fourth-order valence-electron chi connectivity index (χ4n) is 2.57. The quantitative estimate of drug-likeness (QED) is 0.865. The molecule has 0 radical (unpaired) electrons. The normalized spacial score (nSPS) is 18.3. The maximum Gasteiger partial charge on any atom is 0.133 e. The van der Waals surface area contributed by atoms with Gasteiger partial charge in [0.2, 0.25) is 0 Å². The standard InChI is InChI=1S/C14H21BrN2O2/c1-19-14-3-2-11(10-12(14)15)13(4-9-18)17-7-5-16-6-8-17/h2-3,10,13,16,18H,4-9H2,1H3/t13-/m0/s1. The SMILES string of the molecule is COc1ccc([C@H](CCO)N2CCNCC2)cc1Br. The molecule has 19 heavy (non-hydrogen) atoms. The molecule has 1 saturated heterocycles. The van der Waals surface area contributed by atoms with Crippen LogP contribution in [0.25, 0.3) is 0 Å². The molecule has 0 spiro atoms. The van der Waals surface area contributed by atoms with Gasteiger partial charge >= 0.3 is 0 Å². The van der Waals surface area contributed by atoms with Crippen molar-refractivity contribution in [1.82, 2.24) is 10.2 Å². The number of rotatable bonds is 5. The van der Waals surface area contributed by atoms with Crippen LogP contribution in [0.15, 0.2) is 22.7 Å². The summed E-state index contributed by atoms with van der Waals surface area (Å²) in [6.45, 7) is 4.28. The molecule has 0 saturated carbocycles. The number of aliphatic hydroxyl groups excluding tert-OH is 1. The van der Waals surface area contributed by atoms with Crippen molar-refractivity contribution < 1.29 is 9.84 Å². The second-order valence-electron chi connectivity index (χ2n) is 4.71. The van der Waals surface area contributed by atoms with Gasteiger partial charge < -0.3 is 15.2 Å². The number of benzene rings is 1. The smallest absolute Gasteiger partial charge is 0.133 e. The van der Waals surface area contributed by atoms with Crippen LogP contribution in [0.5, 0.6) is 5.75 Å². The zero-order valence-electron chi connectivity index (χ0n) is 11.2. The van der Waals surface area contributed by atoms with E-state index < -0.39 is 0 Å². The molecule has 1 aliphatic heterocycles. The Bertz CT molecular complexity index is 408. The molecule has 1 atom stereocenters. The van der Waals surface area contributed by atoms with Crippen LogP contribution in [0.4, 0.5) is 0 Å². The average Bonchev–Trinajstić information content (AvgIpc) is 2.45. The van der Waals surface area contributed by atoms with Gasteiger partial charge in [-0.05, 0) is 40.0 Å². The Hall–Kier alpha value is -0.620. The van der Waals surface area contributed by atoms with Crippen LogP contribution in [-0.2, 0) is 0 Å². The number of nitrogens with one attached hydrogen (secondary N) is 1. The minimum atomic E-state index is 0.207. The fourth-order valence-corrected chi connectivity index (χ4v) is 3.12. The summed E-state index contributed by atoms with van der Waals surface area (Å²) in [6.07, 6.45) is 0.763. The Morgan fingerprint density at radius 2 is 2.16 bits per heavy atom. The van der Waals surface area contributed by atoms with Crippen molar-refractivity contribution in [2.75, 3.05) is 39.9 Å². The van der Waals surface area contributed by atoms with E-state index in [2.05, 4.69) is 38.3 Å². The zero-order valence-corrected chi connectivity index (χ0v) is 12.8. The number of hydrogen-bond donors (Lipinski definition) is 2.